The third-order valence-corrected chi connectivity index (χ3v) is 3.79. The molecule has 176 valence electrons. The van der Waals surface area contributed by atoms with E-state index in [1.807, 2.05) is 13.8 Å². The van der Waals surface area contributed by atoms with Gasteiger partial charge in [0.2, 0.25) is 0 Å². The summed E-state index contributed by atoms with van der Waals surface area (Å²) in [6, 6.07) is 0. The van der Waals surface area contributed by atoms with Gasteiger partial charge in [0.05, 0.1) is 0 Å². The molecule has 0 aliphatic carbocycles. The molecule has 0 aliphatic heterocycles. The number of unbranched alkanes of at least 4 members (excludes halogenated alkanes) is 10. The maximum atomic E-state index is 4.61. The van der Waals surface area contributed by atoms with Crippen molar-refractivity contribution >= 4 is 0 Å². The van der Waals surface area contributed by atoms with E-state index in [0.29, 0.717) is 0 Å². The van der Waals surface area contributed by atoms with Crippen molar-refractivity contribution in [3.8, 4) is 0 Å². The molecule has 0 saturated heterocycles. The third-order valence-electron chi connectivity index (χ3n) is 3.79. The van der Waals surface area contributed by atoms with Crippen molar-refractivity contribution in [2.24, 2.45) is 0 Å². The van der Waals surface area contributed by atoms with Crippen LogP contribution in [0.5, 0.6) is 0 Å². The minimum absolute atomic E-state index is 0. The Bertz CT molecular complexity index is 178. The first-order chi connectivity index (χ1) is 13.7. The second kappa shape index (κ2) is 51.3. The zero-order valence-electron chi connectivity index (χ0n) is 21.6. The minimum Gasteiger partial charge on any atom is -0.668 e. The first-order valence-electron chi connectivity index (χ1n) is 11.9. The average molecular weight is 449 g/mol. The Hall–Kier alpha value is 0.554. The van der Waals surface area contributed by atoms with Crippen LogP contribution in [0.1, 0.15) is 105 Å². The van der Waals surface area contributed by atoms with Crippen molar-refractivity contribution in [3.63, 3.8) is 0 Å². The van der Waals surface area contributed by atoms with E-state index in [2.05, 4.69) is 35.1 Å². The van der Waals surface area contributed by atoms with E-state index in [4.69, 9.17) is 0 Å². The van der Waals surface area contributed by atoms with Crippen LogP contribution in [0.15, 0.2) is 0 Å². The molecular formula is C24H56N4Ti. The predicted molar refractivity (Wildman–Crippen MR) is 135 cm³/mol. The number of hydrogen-bond acceptors (Lipinski definition) is 0. The van der Waals surface area contributed by atoms with Crippen molar-refractivity contribution in [1.29, 1.82) is 0 Å². The Morgan fingerprint density at radius 3 is 0.931 bits per heavy atom. The van der Waals surface area contributed by atoms with Gasteiger partial charge in [-0.15, -0.1) is 13.1 Å². The Morgan fingerprint density at radius 2 is 0.690 bits per heavy atom. The summed E-state index contributed by atoms with van der Waals surface area (Å²) >= 11 is 0. The molecule has 0 spiro atoms. The van der Waals surface area contributed by atoms with Crippen molar-refractivity contribution in [2.45, 2.75) is 105 Å². The third kappa shape index (κ3) is 73.5. The fourth-order valence-electron chi connectivity index (χ4n) is 2.34. The summed E-state index contributed by atoms with van der Waals surface area (Å²) in [5.74, 6) is 0. The normalized spacial score (nSPS) is 9.10. The van der Waals surface area contributed by atoms with Crippen LogP contribution < -0.4 is 0 Å². The van der Waals surface area contributed by atoms with Crippen molar-refractivity contribution in [2.75, 3.05) is 54.4 Å². The van der Waals surface area contributed by atoms with Gasteiger partial charge >= 0.3 is 21.7 Å². The van der Waals surface area contributed by atoms with E-state index >= 15 is 0 Å². The minimum atomic E-state index is 0. The Labute approximate surface area is 201 Å². The molecule has 0 aromatic heterocycles. The van der Waals surface area contributed by atoms with E-state index in [-0.39, 0.29) is 21.7 Å². The smallest absolute Gasteiger partial charge is 0.668 e. The van der Waals surface area contributed by atoms with Gasteiger partial charge in [-0.25, -0.2) is 0 Å². The summed E-state index contributed by atoms with van der Waals surface area (Å²) in [5, 5.41) is 15.6. The fraction of sp³-hybridized carbons (Fsp3) is 1.00. The van der Waals surface area contributed by atoms with Crippen LogP contribution in [0, 0.1) is 0 Å². The second-order valence-corrected chi connectivity index (χ2v) is 6.96. The van der Waals surface area contributed by atoms with Gasteiger partial charge in [-0.2, -0.15) is 41.3 Å². The van der Waals surface area contributed by atoms with Gasteiger partial charge in [0.25, 0.3) is 0 Å². The molecule has 4 nitrogen and oxygen atoms in total. The van der Waals surface area contributed by atoms with Gasteiger partial charge in [-0.1, -0.05) is 105 Å². The van der Waals surface area contributed by atoms with Crippen LogP contribution in [-0.4, -0.2) is 54.4 Å². The Balaban J connectivity index is -0.000000132. The maximum Gasteiger partial charge on any atom is 4.00 e. The second-order valence-electron chi connectivity index (χ2n) is 6.96. The molecule has 0 aromatic rings. The molecule has 0 unspecified atom stereocenters. The molecule has 0 fully saturated rings. The number of nitrogens with zero attached hydrogens (tertiary/aromatic N) is 4. The summed E-state index contributed by atoms with van der Waals surface area (Å²) < 4.78 is 0. The largest absolute Gasteiger partial charge is 4.00 e. The van der Waals surface area contributed by atoms with Gasteiger partial charge in [-0.05, 0) is 0 Å². The molecule has 0 radical (unpaired) electrons. The van der Waals surface area contributed by atoms with Gasteiger partial charge in [0.15, 0.2) is 0 Å². The van der Waals surface area contributed by atoms with Crippen LogP contribution in [-0.2, 0) is 21.7 Å². The summed E-state index contributed by atoms with van der Waals surface area (Å²) in [5.41, 5.74) is 0. The van der Waals surface area contributed by atoms with Crippen molar-refractivity contribution in [1.82, 2.24) is 0 Å². The van der Waals surface area contributed by atoms with Crippen LogP contribution in [0.25, 0.3) is 21.3 Å². The topological polar surface area (TPSA) is 56.4 Å². The quantitative estimate of drug-likeness (QED) is 0.167. The van der Waals surface area contributed by atoms with Gasteiger partial charge in [0.1, 0.15) is 0 Å². The number of hydrogen-bond donors (Lipinski definition) is 0. The SMILES string of the molecule is CCCCCCCC[N-]CCCCCCCC.CC[N-]CC.C[N-]C.C[N-]C.[Ti+4]. The molecule has 0 rings (SSSR count). The van der Waals surface area contributed by atoms with Crippen molar-refractivity contribution < 1.29 is 21.7 Å². The molecule has 0 aromatic carbocycles. The zero-order chi connectivity index (χ0) is 22.1. The Morgan fingerprint density at radius 1 is 0.414 bits per heavy atom. The summed E-state index contributed by atoms with van der Waals surface area (Å²) in [7, 11) is 7.00. The van der Waals surface area contributed by atoms with E-state index < -0.39 is 0 Å². The molecule has 0 N–H and O–H groups in total. The molecule has 0 atom stereocenters. The molecule has 0 heterocycles. The molecule has 5 heteroatoms. The monoisotopic (exact) mass is 448 g/mol. The summed E-state index contributed by atoms with van der Waals surface area (Å²) in [6.45, 7) is 12.8. The van der Waals surface area contributed by atoms with E-state index in [1.54, 1.807) is 28.2 Å². The molecule has 0 aliphatic rings. The predicted octanol–water partition coefficient (Wildman–Crippen LogP) is 8.72. The van der Waals surface area contributed by atoms with Gasteiger partial charge in [0, 0.05) is 0 Å². The van der Waals surface area contributed by atoms with E-state index in [9.17, 15) is 0 Å². The number of rotatable bonds is 16. The maximum absolute atomic E-state index is 4.61. The molecule has 0 amide bonds. The first kappa shape index (κ1) is 40.0. The first-order valence-corrected chi connectivity index (χ1v) is 11.9. The van der Waals surface area contributed by atoms with Crippen LogP contribution in [0.2, 0.25) is 0 Å². The summed E-state index contributed by atoms with van der Waals surface area (Å²) in [4.78, 5) is 0. The van der Waals surface area contributed by atoms with Crippen LogP contribution >= 0.6 is 0 Å². The molecule has 29 heavy (non-hydrogen) atoms. The fourth-order valence-corrected chi connectivity index (χ4v) is 2.34. The van der Waals surface area contributed by atoms with Gasteiger partial charge < -0.3 is 21.3 Å². The standard InChI is InChI=1S/C16H34N.C4H10N.2C2H6N.Ti/c1-3-5-7-9-11-13-15-17-16-14-12-10-8-6-4-2;1-3-5-4-2;2*1-3-2;/h3-16H2,1-2H3;3-4H2,1-2H3;2*1-2H3;/q4*-1;+4. The van der Waals surface area contributed by atoms with E-state index in [0.717, 1.165) is 26.2 Å². The van der Waals surface area contributed by atoms with Crippen LogP contribution in [0.4, 0.5) is 0 Å². The van der Waals surface area contributed by atoms with Crippen LogP contribution in [0.3, 0.4) is 0 Å². The molecule has 0 bridgehead atoms. The van der Waals surface area contributed by atoms with Gasteiger partial charge in [-0.3, -0.25) is 0 Å². The zero-order valence-corrected chi connectivity index (χ0v) is 23.2. The summed E-state index contributed by atoms with van der Waals surface area (Å²) in [6.07, 6.45) is 16.6. The average Bonchev–Trinajstić information content (AvgIpc) is 2.68. The molecule has 0 saturated carbocycles. The molecular weight excluding hydrogens is 392 g/mol. The van der Waals surface area contributed by atoms with Crippen molar-refractivity contribution in [3.05, 3.63) is 21.3 Å². The van der Waals surface area contributed by atoms with E-state index in [1.165, 1.54) is 77.0 Å². The Kier molecular flexibility index (Phi) is 70.7.